The van der Waals surface area contributed by atoms with Crippen molar-refractivity contribution in [2.24, 2.45) is 9.98 Å². The third-order valence-electron chi connectivity index (χ3n) is 6.03. The molecule has 0 aromatic rings. The third-order valence-corrected chi connectivity index (χ3v) is 6.54. The van der Waals surface area contributed by atoms with Crippen molar-refractivity contribution in [3.8, 4) is 0 Å². The predicted molar refractivity (Wildman–Crippen MR) is 142 cm³/mol. The number of hydrogen-bond donors (Lipinski definition) is 1. The second-order valence-corrected chi connectivity index (χ2v) is 8.83. The Hall–Kier alpha value is -2.25. The van der Waals surface area contributed by atoms with E-state index in [0.29, 0.717) is 12.7 Å². The lowest BCUT2D eigenvalue weighted by Gasteiger charge is -2.37. The van der Waals surface area contributed by atoms with Gasteiger partial charge in [-0.05, 0) is 39.3 Å². The molecule has 0 radical (unpaired) electrons. The molecule has 1 unspecified atom stereocenters. The number of hydrogen-bond acceptors (Lipinski definition) is 4. The average Bonchev–Trinajstić information content (AvgIpc) is 2.78. The monoisotopic (exact) mass is 456 g/mol. The first-order chi connectivity index (χ1) is 15.4. The summed E-state index contributed by atoms with van der Waals surface area (Å²) in [5.74, 6) is 1.07. The van der Waals surface area contributed by atoms with E-state index in [2.05, 4.69) is 83.1 Å². The number of amidine groups is 1. The summed E-state index contributed by atoms with van der Waals surface area (Å²) in [5.41, 5.74) is 3.44. The molecule has 0 amide bonds. The lowest BCUT2D eigenvalue weighted by molar-refractivity contribution is 0.217. The second-order valence-electron chi connectivity index (χ2n) is 8.44. The maximum atomic E-state index is 5.57. The minimum atomic E-state index is 0.336. The van der Waals surface area contributed by atoms with Gasteiger partial charge >= 0.3 is 0 Å². The molecule has 2 fully saturated rings. The fraction of sp³-hybridized carbons (Fsp3) is 0.560. The summed E-state index contributed by atoms with van der Waals surface area (Å²) in [6.45, 7) is 19.8. The first kappa shape index (κ1) is 26.0. The lowest BCUT2D eigenvalue weighted by Crippen LogP contribution is -2.48. The van der Waals surface area contributed by atoms with Gasteiger partial charge < -0.3 is 20.0 Å². The zero-order valence-corrected chi connectivity index (χ0v) is 21.1. The molecule has 2 aliphatic heterocycles. The van der Waals surface area contributed by atoms with Crippen molar-refractivity contribution in [3.63, 3.8) is 0 Å². The summed E-state index contributed by atoms with van der Waals surface area (Å²) >= 11 is 5.57. The van der Waals surface area contributed by atoms with Crippen LogP contribution in [-0.2, 0) is 0 Å². The Morgan fingerprint density at radius 1 is 1.25 bits per heavy atom. The number of likely N-dealkylation sites (tertiary alicyclic amines) is 1. The number of thiocarbonyl (C=S) groups is 1. The number of nitrogens with zero attached hydrogens (tertiary/aromatic N) is 5. The van der Waals surface area contributed by atoms with Gasteiger partial charge in [-0.1, -0.05) is 56.1 Å². The molecule has 1 atom stereocenters. The molecule has 0 bridgehead atoms. The van der Waals surface area contributed by atoms with E-state index in [1.54, 1.807) is 6.34 Å². The smallest absolute Gasteiger partial charge is 0.124 e. The van der Waals surface area contributed by atoms with Gasteiger partial charge in [0.1, 0.15) is 23.8 Å². The van der Waals surface area contributed by atoms with Crippen LogP contribution in [0.15, 0.2) is 58.2 Å². The Labute approximate surface area is 200 Å². The molecule has 0 aromatic carbocycles. The van der Waals surface area contributed by atoms with Crippen LogP contribution in [0, 0.1) is 0 Å². The minimum absolute atomic E-state index is 0.336. The number of rotatable bonds is 8. The maximum Gasteiger partial charge on any atom is 0.124 e. The van der Waals surface area contributed by atoms with E-state index in [-0.39, 0.29) is 0 Å². The Kier molecular flexibility index (Phi) is 10.8. The molecule has 2 aliphatic rings. The molecule has 0 spiro atoms. The van der Waals surface area contributed by atoms with Crippen LogP contribution in [0.1, 0.15) is 40.0 Å². The van der Waals surface area contributed by atoms with Gasteiger partial charge in [-0.2, -0.15) is 0 Å². The van der Waals surface area contributed by atoms with E-state index in [4.69, 9.17) is 12.2 Å². The van der Waals surface area contributed by atoms with Gasteiger partial charge in [0.2, 0.25) is 0 Å². The average molecular weight is 457 g/mol. The van der Waals surface area contributed by atoms with Crippen molar-refractivity contribution in [1.82, 2.24) is 20.0 Å². The summed E-state index contributed by atoms with van der Waals surface area (Å²) in [4.78, 5) is 16.8. The van der Waals surface area contributed by atoms with Crippen LogP contribution >= 0.6 is 12.2 Å². The van der Waals surface area contributed by atoms with Crippen LogP contribution in [0.25, 0.3) is 0 Å². The maximum absolute atomic E-state index is 5.57. The number of piperazine rings is 1. The summed E-state index contributed by atoms with van der Waals surface area (Å²) in [7, 11) is 2.13. The van der Waals surface area contributed by atoms with Gasteiger partial charge in [0.05, 0.1) is 5.70 Å². The number of nitrogens with one attached hydrogen (secondary N) is 1. The Morgan fingerprint density at radius 3 is 2.62 bits per heavy atom. The second kappa shape index (κ2) is 13.3. The highest BCUT2D eigenvalue weighted by Crippen LogP contribution is 2.25. The SMILES string of the molecule is C=C/C=C(C)\C=C1\CCCN(/C(CC)=N/C=N\CNC(=C)C(=S)N2CCN(C)CC2)C1C. The molecule has 0 saturated carbocycles. The van der Waals surface area contributed by atoms with Crippen LogP contribution in [0.5, 0.6) is 0 Å². The number of piperidine rings is 1. The van der Waals surface area contributed by atoms with Gasteiger partial charge in [-0.3, -0.25) is 4.99 Å². The van der Waals surface area contributed by atoms with Crippen molar-refractivity contribution in [1.29, 1.82) is 0 Å². The third kappa shape index (κ3) is 7.71. The minimum Gasteiger partial charge on any atom is -0.364 e. The van der Waals surface area contributed by atoms with Gasteiger partial charge in [0, 0.05) is 45.2 Å². The Morgan fingerprint density at radius 2 is 1.97 bits per heavy atom. The quantitative estimate of drug-likeness (QED) is 0.197. The molecule has 0 aliphatic carbocycles. The van der Waals surface area contributed by atoms with Gasteiger partial charge in [-0.25, -0.2) is 4.99 Å². The predicted octanol–water partition coefficient (Wildman–Crippen LogP) is 4.00. The highest BCUT2D eigenvalue weighted by Gasteiger charge is 2.24. The highest BCUT2D eigenvalue weighted by atomic mass is 32.1. The van der Waals surface area contributed by atoms with Crippen LogP contribution in [-0.4, -0.2) is 84.3 Å². The molecule has 7 heteroatoms. The topological polar surface area (TPSA) is 46.5 Å². The molecule has 2 rings (SSSR count). The van der Waals surface area contributed by atoms with Crippen LogP contribution < -0.4 is 5.32 Å². The fourth-order valence-corrected chi connectivity index (χ4v) is 4.32. The summed E-state index contributed by atoms with van der Waals surface area (Å²) in [5, 5.41) is 3.22. The van der Waals surface area contributed by atoms with Crippen molar-refractivity contribution < 1.29 is 0 Å². The van der Waals surface area contributed by atoms with E-state index in [9.17, 15) is 0 Å². The van der Waals surface area contributed by atoms with E-state index >= 15 is 0 Å². The van der Waals surface area contributed by atoms with Crippen molar-refractivity contribution in [2.45, 2.75) is 46.1 Å². The molecule has 6 nitrogen and oxygen atoms in total. The van der Waals surface area contributed by atoms with E-state index in [1.165, 1.54) is 11.1 Å². The van der Waals surface area contributed by atoms with E-state index in [1.807, 2.05) is 6.08 Å². The van der Waals surface area contributed by atoms with Gasteiger partial charge in [0.25, 0.3) is 0 Å². The first-order valence-electron chi connectivity index (χ1n) is 11.6. The zero-order valence-electron chi connectivity index (χ0n) is 20.3. The molecule has 32 heavy (non-hydrogen) atoms. The standard InChI is InChI=1S/C25H40N6S/c1-7-10-20(3)17-23-11-9-12-31(22(23)5)24(8-2)28-19-26-18-27-21(4)25(32)30-15-13-29(6)14-16-30/h7,10,17,19,22,27H,1,4,8-9,11-16,18H2,2-3,5-6H3/b20-10-,23-17-,26-19-,28-24+. The largest absolute Gasteiger partial charge is 0.364 e. The molecule has 176 valence electrons. The van der Waals surface area contributed by atoms with Crippen LogP contribution in [0.2, 0.25) is 0 Å². The molecule has 2 heterocycles. The molecular weight excluding hydrogens is 416 g/mol. The zero-order chi connectivity index (χ0) is 23.5. The van der Waals surface area contributed by atoms with Crippen LogP contribution in [0.3, 0.4) is 0 Å². The van der Waals surface area contributed by atoms with E-state index in [0.717, 1.165) is 68.5 Å². The first-order valence-corrected chi connectivity index (χ1v) is 12.0. The van der Waals surface area contributed by atoms with Gasteiger partial charge in [-0.15, -0.1) is 0 Å². The summed E-state index contributed by atoms with van der Waals surface area (Å²) in [6, 6.07) is 0.336. The van der Waals surface area contributed by atoms with E-state index < -0.39 is 0 Å². The fourth-order valence-electron chi connectivity index (χ4n) is 4.06. The van der Waals surface area contributed by atoms with Crippen molar-refractivity contribution >= 4 is 29.4 Å². The highest BCUT2D eigenvalue weighted by molar-refractivity contribution is 7.80. The summed E-state index contributed by atoms with van der Waals surface area (Å²) < 4.78 is 0. The molecular formula is C25H40N6S. The lowest BCUT2D eigenvalue weighted by atomic mass is 9.94. The Balaban J connectivity index is 1.90. The number of aliphatic imine (C=N–C) groups is 2. The summed E-state index contributed by atoms with van der Waals surface area (Å²) in [6.07, 6.45) is 11.0. The van der Waals surface area contributed by atoms with Crippen molar-refractivity contribution in [3.05, 3.63) is 48.2 Å². The molecule has 2 saturated heterocycles. The van der Waals surface area contributed by atoms with Gasteiger partial charge in [0.15, 0.2) is 0 Å². The molecule has 0 aromatic heterocycles. The van der Waals surface area contributed by atoms with Crippen molar-refractivity contribution in [2.75, 3.05) is 46.4 Å². The number of allylic oxidation sites excluding steroid dienone is 4. The molecule has 1 N–H and O–H groups in total. The number of likely N-dealkylation sites (N-methyl/N-ethyl adjacent to an activating group) is 1. The Bertz CT molecular complexity index is 786. The normalized spacial score (nSPS) is 22.5. The van der Waals surface area contributed by atoms with Crippen LogP contribution in [0.4, 0.5) is 0 Å².